The first-order valence-corrected chi connectivity index (χ1v) is 5.22. The molecule has 1 rings (SSSR count). The Labute approximate surface area is 96.9 Å². The molecule has 0 aliphatic rings. The van der Waals surface area contributed by atoms with E-state index in [1.807, 2.05) is 25.1 Å². The molecule has 1 aromatic rings. The van der Waals surface area contributed by atoms with E-state index < -0.39 is 12.0 Å². The van der Waals surface area contributed by atoms with Gasteiger partial charge < -0.3 is 10.4 Å². The van der Waals surface area contributed by atoms with Gasteiger partial charge in [-0.1, -0.05) is 18.2 Å². The number of rotatable bonds is 4. The highest BCUT2D eigenvalue weighted by molar-refractivity contribution is 9.10. The number of anilines is 1. The Morgan fingerprint density at radius 1 is 1.67 bits per heavy atom. The first-order chi connectivity index (χ1) is 7.06. The van der Waals surface area contributed by atoms with Crippen molar-refractivity contribution in [3.63, 3.8) is 0 Å². The smallest absolute Gasteiger partial charge is 0.330 e. The van der Waals surface area contributed by atoms with Crippen molar-refractivity contribution in [3.05, 3.63) is 40.9 Å². The maximum Gasteiger partial charge on any atom is 0.330 e. The summed E-state index contributed by atoms with van der Waals surface area (Å²) < 4.78 is 0.873. The van der Waals surface area contributed by atoms with Crippen LogP contribution in [0.15, 0.2) is 35.3 Å². The van der Waals surface area contributed by atoms with Crippen LogP contribution in [0.3, 0.4) is 0 Å². The Balaban J connectivity index is 2.93. The molecule has 1 aromatic carbocycles. The molecule has 0 aromatic heterocycles. The third-order valence-electron chi connectivity index (χ3n) is 2.00. The molecule has 0 spiro atoms. The molecule has 0 fully saturated rings. The van der Waals surface area contributed by atoms with E-state index in [-0.39, 0.29) is 0 Å². The van der Waals surface area contributed by atoms with Crippen LogP contribution in [0, 0.1) is 6.92 Å². The van der Waals surface area contributed by atoms with Gasteiger partial charge in [0.05, 0.1) is 0 Å². The average molecular weight is 270 g/mol. The normalized spacial score (nSPS) is 11.9. The van der Waals surface area contributed by atoms with Crippen LogP contribution in [0.2, 0.25) is 0 Å². The van der Waals surface area contributed by atoms with Gasteiger partial charge in [0.2, 0.25) is 0 Å². The molecule has 0 aliphatic heterocycles. The van der Waals surface area contributed by atoms with Gasteiger partial charge >= 0.3 is 5.97 Å². The number of carbonyl (C=O) groups is 1. The van der Waals surface area contributed by atoms with E-state index in [1.165, 1.54) is 6.08 Å². The summed E-state index contributed by atoms with van der Waals surface area (Å²) in [7, 11) is 0. The van der Waals surface area contributed by atoms with E-state index in [0.29, 0.717) is 0 Å². The van der Waals surface area contributed by atoms with E-state index in [9.17, 15) is 4.79 Å². The van der Waals surface area contributed by atoms with Gasteiger partial charge in [-0.15, -0.1) is 6.58 Å². The number of hydrogen-bond donors (Lipinski definition) is 2. The first-order valence-electron chi connectivity index (χ1n) is 4.43. The summed E-state index contributed by atoms with van der Waals surface area (Å²) in [5.41, 5.74) is 1.80. The van der Waals surface area contributed by atoms with E-state index in [0.717, 1.165) is 15.7 Å². The highest BCUT2D eigenvalue weighted by Gasteiger charge is 2.14. The van der Waals surface area contributed by atoms with E-state index >= 15 is 0 Å². The van der Waals surface area contributed by atoms with Crippen molar-refractivity contribution >= 4 is 27.6 Å². The van der Waals surface area contributed by atoms with Crippen LogP contribution >= 0.6 is 15.9 Å². The number of carboxylic acid groups (broad SMARTS) is 1. The maximum atomic E-state index is 10.8. The lowest BCUT2D eigenvalue weighted by molar-refractivity contribution is -0.136. The standard InChI is InChI=1S/C11H12BrNO2/c1-3-8(11(14)15)13-9-6-4-5-7(2)10(9)12/h3-6,8,13H,1H2,2H3,(H,14,15). The van der Waals surface area contributed by atoms with Gasteiger partial charge in [-0.05, 0) is 34.5 Å². The molecule has 80 valence electrons. The van der Waals surface area contributed by atoms with Gasteiger partial charge in [0, 0.05) is 10.2 Å². The minimum atomic E-state index is -0.946. The molecule has 0 saturated carbocycles. The molecular formula is C11H12BrNO2. The lowest BCUT2D eigenvalue weighted by atomic mass is 10.2. The van der Waals surface area contributed by atoms with E-state index in [1.54, 1.807) is 0 Å². The molecule has 0 radical (unpaired) electrons. The summed E-state index contributed by atoms with van der Waals surface area (Å²) in [5, 5.41) is 11.7. The van der Waals surface area contributed by atoms with Gasteiger partial charge in [-0.2, -0.15) is 0 Å². The Hall–Kier alpha value is -1.29. The van der Waals surface area contributed by atoms with Crippen molar-refractivity contribution < 1.29 is 9.90 Å². The summed E-state index contributed by atoms with van der Waals surface area (Å²) in [6, 6.07) is 4.85. The number of aliphatic carboxylic acids is 1. The lowest BCUT2D eigenvalue weighted by Gasteiger charge is -2.14. The third-order valence-corrected chi connectivity index (χ3v) is 3.06. The Bertz CT molecular complexity index is 390. The summed E-state index contributed by atoms with van der Waals surface area (Å²) in [4.78, 5) is 10.8. The van der Waals surface area contributed by atoms with Crippen molar-refractivity contribution in [2.24, 2.45) is 0 Å². The fraction of sp³-hybridized carbons (Fsp3) is 0.182. The predicted octanol–water partition coefficient (Wildman–Crippen LogP) is 2.81. The van der Waals surface area contributed by atoms with Crippen LogP contribution < -0.4 is 5.32 Å². The zero-order chi connectivity index (χ0) is 11.4. The summed E-state index contributed by atoms with van der Waals surface area (Å²) in [6.07, 6.45) is 1.36. The molecule has 0 saturated heterocycles. The molecule has 15 heavy (non-hydrogen) atoms. The van der Waals surface area contributed by atoms with Crippen molar-refractivity contribution in [2.75, 3.05) is 5.32 Å². The van der Waals surface area contributed by atoms with Crippen LogP contribution in [0.4, 0.5) is 5.69 Å². The number of hydrogen-bond acceptors (Lipinski definition) is 2. The molecule has 4 heteroatoms. The van der Waals surface area contributed by atoms with E-state index in [4.69, 9.17) is 5.11 Å². The largest absolute Gasteiger partial charge is 0.479 e. The van der Waals surface area contributed by atoms with Crippen molar-refractivity contribution in [1.82, 2.24) is 0 Å². The second-order valence-electron chi connectivity index (χ2n) is 3.13. The summed E-state index contributed by atoms with van der Waals surface area (Å²) in [6.45, 7) is 5.42. The number of halogens is 1. The van der Waals surface area contributed by atoms with Gasteiger partial charge in [-0.25, -0.2) is 4.79 Å². The van der Waals surface area contributed by atoms with Crippen LogP contribution in [-0.4, -0.2) is 17.1 Å². The monoisotopic (exact) mass is 269 g/mol. The van der Waals surface area contributed by atoms with Crippen LogP contribution in [0.1, 0.15) is 5.56 Å². The zero-order valence-electron chi connectivity index (χ0n) is 8.33. The minimum absolute atomic E-state index is 0.752. The molecule has 0 heterocycles. The Kier molecular flexibility index (Phi) is 3.91. The molecule has 3 nitrogen and oxygen atoms in total. The molecular weight excluding hydrogens is 258 g/mol. The number of nitrogens with one attached hydrogen (secondary N) is 1. The molecule has 0 amide bonds. The first kappa shape index (κ1) is 11.8. The van der Waals surface area contributed by atoms with Crippen molar-refractivity contribution in [2.45, 2.75) is 13.0 Å². The van der Waals surface area contributed by atoms with Gasteiger partial charge in [-0.3, -0.25) is 0 Å². The van der Waals surface area contributed by atoms with Gasteiger partial charge in [0.25, 0.3) is 0 Å². The number of benzene rings is 1. The summed E-state index contributed by atoms with van der Waals surface area (Å²) >= 11 is 3.40. The highest BCUT2D eigenvalue weighted by atomic mass is 79.9. The topological polar surface area (TPSA) is 49.3 Å². The number of carboxylic acids is 1. The van der Waals surface area contributed by atoms with Crippen LogP contribution in [0.5, 0.6) is 0 Å². The van der Waals surface area contributed by atoms with Crippen LogP contribution in [0.25, 0.3) is 0 Å². The van der Waals surface area contributed by atoms with Crippen molar-refractivity contribution in [1.29, 1.82) is 0 Å². The SMILES string of the molecule is C=CC(Nc1cccc(C)c1Br)C(=O)O. The molecule has 2 N–H and O–H groups in total. The highest BCUT2D eigenvalue weighted by Crippen LogP contribution is 2.26. The number of aryl methyl sites for hydroxylation is 1. The molecule has 0 aliphatic carbocycles. The Morgan fingerprint density at radius 3 is 2.87 bits per heavy atom. The quantitative estimate of drug-likeness (QED) is 0.827. The maximum absolute atomic E-state index is 10.8. The second-order valence-corrected chi connectivity index (χ2v) is 3.93. The van der Waals surface area contributed by atoms with Crippen LogP contribution in [-0.2, 0) is 4.79 Å². The average Bonchev–Trinajstić information content (AvgIpc) is 2.19. The Morgan fingerprint density at radius 2 is 2.33 bits per heavy atom. The fourth-order valence-corrected chi connectivity index (χ4v) is 1.53. The zero-order valence-corrected chi connectivity index (χ0v) is 9.91. The molecule has 1 unspecified atom stereocenters. The minimum Gasteiger partial charge on any atom is -0.479 e. The predicted molar refractivity (Wildman–Crippen MR) is 64.1 cm³/mol. The van der Waals surface area contributed by atoms with Gasteiger partial charge in [0.15, 0.2) is 0 Å². The molecule has 1 atom stereocenters. The lowest BCUT2D eigenvalue weighted by Crippen LogP contribution is -2.26. The fourth-order valence-electron chi connectivity index (χ4n) is 1.15. The van der Waals surface area contributed by atoms with Crippen molar-refractivity contribution in [3.8, 4) is 0 Å². The van der Waals surface area contributed by atoms with Gasteiger partial charge in [0.1, 0.15) is 6.04 Å². The van der Waals surface area contributed by atoms with E-state index in [2.05, 4.69) is 27.8 Å². The third kappa shape index (κ3) is 2.83. The second kappa shape index (κ2) is 4.98. The molecule has 0 bridgehead atoms. The summed E-state index contributed by atoms with van der Waals surface area (Å²) in [5.74, 6) is -0.946.